The Morgan fingerprint density at radius 2 is 0.382 bits per heavy atom. The van der Waals surface area contributed by atoms with Crippen molar-refractivity contribution >= 4 is 28.8 Å². The molecule has 388 valence electrons. The molecule has 0 aromatic heterocycles. The summed E-state index contributed by atoms with van der Waals surface area (Å²) in [6.07, 6.45) is 2.77. The predicted molar refractivity (Wildman–Crippen MR) is 316 cm³/mol. The molecule has 0 bridgehead atoms. The highest BCUT2D eigenvalue weighted by molar-refractivity contribution is 6.66. The molecule has 0 amide bonds. The second-order valence-corrected chi connectivity index (χ2v) is 11.3. The van der Waals surface area contributed by atoms with Gasteiger partial charge < -0.3 is 19.7 Å². The fraction of sp³-hybridized carbons (Fsp3) is 0. The maximum Gasteiger partial charge on any atom is 0.352 e. The van der Waals surface area contributed by atoms with E-state index >= 15 is 0 Å². The van der Waals surface area contributed by atoms with Crippen molar-refractivity contribution in [1.29, 1.82) is 0 Å². The average Bonchev–Trinajstić information content (AvgIpc) is 3.57. The van der Waals surface area contributed by atoms with E-state index in [1.54, 1.807) is 0 Å². The summed E-state index contributed by atoms with van der Waals surface area (Å²) in [5.41, 5.74) is 166. The number of carbonyl (C=O) groups is 3. The number of rotatable bonds is 5. The maximum atomic E-state index is 11.2. The first kappa shape index (κ1) is 75.5. The summed E-state index contributed by atoms with van der Waals surface area (Å²) < 4.78 is 9.28. The zero-order chi connectivity index (χ0) is 65.5. The van der Waals surface area contributed by atoms with Crippen molar-refractivity contribution in [2.75, 3.05) is 0 Å². The van der Waals surface area contributed by atoms with Gasteiger partial charge in [-0.15, -0.1) is 0 Å². The molecular weight excluding hydrogens is 1120 g/mol. The average molecular weight is 1140 g/mol. The van der Waals surface area contributed by atoms with Crippen LogP contribution in [-0.4, -0.2) is 27.4 Å². The van der Waals surface area contributed by atoms with Crippen LogP contribution in [0.2, 0.25) is 0 Å². The number of carbonyl (C=O) groups excluding carboxylic acids is 3. The van der Waals surface area contributed by atoms with Crippen LogP contribution in [0.4, 0.5) is 0 Å². The smallest absolute Gasteiger partial charge is 0.352 e. The molecule has 8 heteroatoms. The molecule has 0 heterocycles. The zero-order valence-corrected chi connectivity index (χ0v) is 45.8. The topological polar surface area (TPSA) is 110 Å². The van der Waals surface area contributed by atoms with Crippen molar-refractivity contribution in [1.82, 2.24) is 0 Å². The number of allylic oxidation sites excluding steroid dienone is 1. The SMILES string of the molecule is C=C=C=C=C=C=C=C=C=C=C=C=C=C=C=C=C=C=C=C=C=C=C=C=C=C=C=C=C=C=C=C=C=C=C=C(O)O.C=C=C=C=C=C=C=C=C=C=C=C=C=C=C=C=C=C=C=C=C=C=C=C=C=C=C=C=C=C=C=C=C=C=C=C(OC(=O)C=C)OC(=O)C=C.C=CC(=O)Cl. The Bertz CT molecular complexity index is 5980. The molecule has 0 atom stereocenters. The second-order valence-electron chi connectivity index (χ2n) is 11.0. The molecule has 0 saturated carbocycles. The lowest BCUT2D eigenvalue weighted by Gasteiger charge is -2.01. The fourth-order valence-electron chi connectivity index (χ4n) is 2.47. The van der Waals surface area contributed by atoms with Crippen molar-refractivity contribution in [2.24, 2.45) is 0 Å². The van der Waals surface area contributed by atoms with E-state index in [1.807, 2.05) is 5.73 Å². The van der Waals surface area contributed by atoms with Crippen LogP contribution in [-0.2, 0) is 23.9 Å². The lowest BCUT2D eigenvalue weighted by Crippen LogP contribution is -2.06. The number of aliphatic hydroxyl groups is 2. The van der Waals surface area contributed by atoms with E-state index in [-0.39, 0.29) is 0 Å². The molecule has 0 aliphatic heterocycles. The lowest BCUT2D eigenvalue weighted by molar-refractivity contribution is -0.147. The molecule has 0 aromatic carbocycles. The summed E-state index contributed by atoms with van der Waals surface area (Å²) in [5, 5.41) is 16.2. The standard InChI is InChI=1S/C42H8O4.C36H4O2.C3H3ClO/c1-4-7-8-9-10-11-12-13-14-15-16-17-18-19-20-21-22-23-24-25-26-27-28-29-30-31-32-33-34-35-36-37-38-39-42(45-40(43)5-2)46-41(44)6-3;1-2-3-4-5-6-7-8-9-10-11-12-13-14-15-16-17-18-19-20-21-22-23-24-25-26-27-28-29-30-31-32-33-34-35-36(37)38;1-2-3(4)5/h5-6H,1-3H2;37-38H,1H2;2H,1H2. The number of ether oxygens (including phenoxy) is 2. The Morgan fingerprint density at radius 3 is 0.506 bits per heavy atom. The van der Waals surface area contributed by atoms with Crippen molar-refractivity contribution < 1.29 is 34.1 Å². The highest BCUT2D eigenvalue weighted by Gasteiger charge is 2.07. The molecule has 2 N–H and O–H groups in total. The third-order valence-corrected chi connectivity index (χ3v) is 5.43. The highest BCUT2D eigenvalue weighted by Crippen LogP contribution is 2.00. The van der Waals surface area contributed by atoms with Gasteiger partial charge in [0.1, 0.15) is 0 Å². The molecule has 0 aliphatic carbocycles. The van der Waals surface area contributed by atoms with Gasteiger partial charge in [-0.1, -0.05) is 31.2 Å². The number of halogens is 1. The minimum absolute atomic E-state index is 0.509. The van der Waals surface area contributed by atoms with Gasteiger partial charge in [0.15, 0.2) is 0 Å². The molecule has 7 nitrogen and oxygen atoms in total. The van der Waals surface area contributed by atoms with Gasteiger partial charge in [-0.05, 0) is 214 Å². The van der Waals surface area contributed by atoms with E-state index in [2.05, 4.69) is 426 Å². The number of aliphatic hydroxyl groups excluding tert-OH is 1. The van der Waals surface area contributed by atoms with Crippen molar-refractivity contribution in [3.63, 3.8) is 0 Å². The molecule has 0 aromatic rings. The molecule has 0 spiro atoms. The molecule has 0 rings (SSSR count). The predicted octanol–water partition coefficient (Wildman–Crippen LogP) is 13.0. The molecule has 0 aliphatic rings. The summed E-state index contributed by atoms with van der Waals surface area (Å²) in [6, 6.07) is 0. The van der Waals surface area contributed by atoms with Crippen LogP contribution in [0.25, 0.3) is 0 Å². The van der Waals surface area contributed by atoms with Crippen LogP contribution in [0.3, 0.4) is 0 Å². The Hall–Kier alpha value is -17.8. The normalized spacial score (nSPS) is 4.78. The summed E-state index contributed by atoms with van der Waals surface area (Å²) in [4.78, 5) is 31.9. The number of hydrogen-bond acceptors (Lipinski definition) is 7. The van der Waals surface area contributed by atoms with Crippen LogP contribution < -0.4 is 0 Å². The minimum atomic E-state index is -1.02. The van der Waals surface area contributed by atoms with Crippen molar-refractivity contribution in [2.45, 2.75) is 0 Å². The summed E-state index contributed by atoms with van der Waals surface area (Å²) in [6.45, 7) is 16.1. The second kappa shape index (κ2) is 68.3. The van der Waals surface area contributed by atoms with Crippen molar-refractivity contribution in [3.8, 4) is 0 Å². The molecule has 0 fully saturated rings. The summed E-state index contributed by atoms with van der Waals surface area (Å²) in [5.74, 6) is -3.34. The summed E-state index contributed by atoms with van der Waals surface area (Å²) in [7, 11) is 0. The monoisotopic (exact) mass is 1130 g/mol. The van der Waals surface area contributed by atoms with E-state index < -0.39 is 29.1 Å². The van der Waals surface area contributed by atoms with E-state index in [4.69, 9.17) is 21.8 Å². The van der Waals surface area contributed by atoms with Gasteiger partial charge in [0, 0.05) is 207 Å². The van der Waals surface area contributed by atoms with E-state index in [9.17, 15) is 14.4 Å². The maximum absolute atomic E-state index is 11.2. The third-order valence-electron chi connectivity index (χ3n) is 5.27. The molecule has 0 unspecified atom stereocenters. The van der Waals surface area contributed by atoms with Gasteiger partial charge in [-0.2, -0.15) is 0 Å². The van der Waals surface area contributed by atoms with Crippen LogP contribution >= 0.6 is 11.6 Å². The first-order chi connectivity index (χ1) is 43.7. The number of hydrogen-bond donors (Lipinski definition) is 2. The van der Waals surface area contributed by atoms with E-state index in [0.717, 1.165) is 18.2 Å². The molecule has 89 heavy (non-hydrogen) atoms. The Kier molecular flexibility index (Phi) is 57.9. The zero-order valence-electron chi connectivity index (χ0n) is 45.1. The summed E-state index contributed by atoms with van der Waals surface area (Å²) >= 11 is 4.71. The largest absolute Gasteiger partial charge is 0.474 e. The lowest BCUT2D eigenvalue weighted by atomic mass is 10.6. The van der Waals surface area contributed by atoms with E-state index in [1.165, 1.54) is 0 Å². The van der Waals surface area contributed by atoms with Crippen LogP contribution in [0, 0.1) is 0 Å². The molecule has 0 saturated heterocycles. The Labute approximate surface area is 512 Å². The van der Waals surface area contributed by atoms with Gasteiger partial charge in [0.2, 0.25) is 5.24 Å². The van der Waals surface area contributed by atoms with Gasteiger partial charge in [-0.3, -0.25) is 4.79 Å². The van der Waals surface area contributed by atoms with Gasteiger partial charge >= 0.3 is 23.8 Å². The first-order valence-corrected chi connectivity index (χ1v) is 22.2. The van der Waals surface area contributed by atoms with Gasteiger partial charge in [0.05, 0.1) is 0 Å². The number of esters is 2. The Balaban J connectivity index is -0.00000156. The minimum Gasteiger partial charge on any atom is -0.474 e. The van der Waals surface area contributed by atoms with Gasteiger partial charge in [-0.25, -0.2) is 9.59 Å². The molecular formula is C81H15ClO7. The molecule has 0 radical (unpaired) electrons. The van der Waals surface area contributed by atoms with E-state index in [0.29, 0.717) is 0 Å². The van der Waals surface area contributed by atoms with Crippen LogP contribution in [0.5, 0.6) is 0 Å². The van der Waals surface area contributed by atoms with Crippen molar-refractivity contribution in [3.05, 3.63) is 453 Å². The Morgan fingerprint density at radius 1 is 0.247 bits per heavy atom. The van der Waals surface area contributed by atoms with Crippen LogP contribution in [0.15, 0.2) is 453 Å². The fourth-order valence-corrected chi connectivity index (χ4v) is 2.47. The highest BCUT2D eigenvalue weighted by atomic mass is 35.5. The van der Waals surface area contributed by atoms with Gasteiger partial charge in [0.25, 0.3) is 0 Å². The third kappa shape index (κ3) is 74.5. The quantitative estimate of drug-likeness (QED) is 0.0928. The first-order valence-electron chi connectivity index (χ1n) is 21.9. The van der Waals surface area contributed by atoms with Crippen LogP contribution in [0.1, 0.15) is 0 Å².